The van der Waals surface area contributed by atoms with Crippen molar-refractivity contribution in [1.29, 1.82) is 0 Å². The Balaban J connectivity index is 1.24. The normalized spacial score (nSPS) is 24.5. The Hall–Kier alpha value is -2.78. The molecule has 0 aromatic heterocycles. The molecule has 3 saturated heterocycles. The predicted octanol–water partition coefficient (Wildman–Crippen LogP) is 2.58. The number of rotatable bonds is 4. The molecule has 0 radical (unpaired) electrons. The van der Waals surface area contributed by atoms with E-state index in [1.165, 1.54) is 9.80 Å². The van der Waals surface area contributed by atoms with Crippen molar-refractivity contribution in [3.63, 3.8) is 0 Å². The van der Waals surface area contributed by atoms with Crippen molar-refractivity contribution in [3.8, 4) is 0 Å². The third kappa shape index (κ3) is 4.11. The van der Waals surface area contributed by atoms with Crippen LogP contribution in [0.4, 0.5) is 11.4 Å². The molecule has 10 heteroatoms. The number of carbonyl (C=O) groups is 4. The summed E-state index contributed by atoms with van der Waals surface area (Å²) >= 11 is 12.1. The van der Waals surface area contributed by atoms with Crippen molar-refractivity contribution in [3.05, 3.63) is 58.6 Å². The van der Waals surface area contributed by atoms with Crippen LogP contribution in [0.25, 0.3) is 0 Å². The first-order valence-electron chi connectivity index (χ1n) is 11.1. The van der Waals surface area contributed by atoms with Crippen molar-refractivity contribution < 1.29 is 19.2 Å². The Morgan fingerprint density at radius 1 is 0.618 bits per heavy atom. The second kappa shape index (κ2) is 9.11. The first kappa shape index (κ1) is 23.0. The minimum Gasteiger partial charge on any atom is -0.289 e. The van der Waals surface area contributed by atoms with Crippen LogP contribution < -0.4 is 9.80 Å². The fourth-order valence-electron chi connectivity index (χ4n) is 4.94. The van der Waals surface area contributed by atoms with Crippen molar-refractivity contribution >= 4 is 58.2 Å². The summed E-state index contributed by atoms with van der Waals surface area (Å²) in [4.78, 5) is 57.8. The lowest BCUT2D eigenvalue weighted by Gasteiger charge is -2.38. The molecule has 34 heavy (non-hydrogen) atoms. The SMILES string of the molecule is O=C1CC(N2CCN(C3CC(=O)N(c4cccc(Cl)c4)C3=O)CC2)C(=O)N1c1cccc(Cl)c1. The van der Waals surface area contributed by atoms with Gasteiger partial charge in [-0.1, -0.05) is 35.3 Å². The lowest BCUT2D eigenvalue weighted by Crippen LogP contribution is -2.56. The average Bonchev–Trinajstić information content (AvgIpc) is 3.28. The number of nitrogens with zero attached hydrogens (tertiary/aromatic N) is 4. The minimum absolute atomic E-state index is 0.106. The summed E-state index contributed by atoms with van der Waals surface area (Å²) < 4.78 is 0. The number of amides is 4. The molecule has 2 aromatic carbocycles. The minimum atomic E-state index is -0.544. The second-order valence-electron chi connectivity index (χ2n) is 8.61. The molecule has 0 saturated carbocycles. The van der Waals surface area contributed by atoms with Gasteiger partial charge in [0.1, 0.15) is 0 Å². The molecular formula is C24H22Cl2N4O4. The lowest BCUT2D eigenvalue weighted by molar-refractivity contribution is -0.126. The van der Waals surface area contributed by atoms with Crippen LogP contribution in [0.5, 0.6) is 0 Å². The fourth-order valence-corrected chi connectivity index (χ4v) is 5.31. The van der Waals surface area contributed by atoms with Crippen molar-refractivity contribution in [2.45, 2.75) is 24.9 Å². The molecule has 0 aliphatic carbocycles. The maximum absolute atomic E-state index is 13.1. The van der Waals surface area contributed by atoms with Crippen LogP contribution in [-0.4, -0.2) is 71.7 Å². The van der Waals surface area contributed by atoms with Gasteiger partial charge in [-0.25, -0.2) is 9.80 Å². The number of carbonyl (C=O) groups excluding carboxylic acids is 4. The number of hydrogen-bond acceptors (Lipinski definition) is 6. The standard InChI is InChI=1S/C24H22Cl2N4O4/c25-15-3-1-5-17(11-15)29-21(31)13-19(23(29)33)27-7-9-28(10-8-27)20-14-22(32)30(24(20)34)18-6-2-4-16(26)12-18/h1-6,11-12,19-20H,7-10,13-14H2. The highest BCUT2D eigenvalue weighted by molar-refractivity contribution is 6.32. The van der Waals surface area contributed by atoms with Gasteiger partial charge in [0.25, 0.3) is 11.8 Å². The molecule has 4 amide bonds. The van der Waals surface area contributed by atoms with Crippen LogP contribution in [0.1, 0.15) is 12.8 Å². The molecular weight excluding hydrogens is 479 g/mol. The Morgan fingerprint density at radius 3 is 1.35 bits per heavy atom. The van der Waals surface area contributed by atoms with E-state index in [0.717, 1.165) is 0 Å². The lowest BCUT2D eigenvalue weighted by atomic mass is 10.1. The first-order chi connectivity index (χ1) is 16.3. The zero-order chi connectivity index (χ0) is 24.0. The second-order valence-corrected chi connectivity index (χ2v) is 9.48. The maximum Gasteiger partial charge on any atom is 0.251 e. The molecule has 0 bridgehead atoms. The van der Waals surface area contributed by atoms with E-state index in [1.807, 2.05) is 9.80 Å². The molecule has 3 fully saturated rings. The Kier molecular flexibility index (Phi) is 6.16. The summed E-state index contributed by atoms with van der Waals surface area (Å²) in [6.07, 6.45) is 0.212. The third-order valence-electron chi connectivity index (χ3n) is 6.61. The number of anilines is 2. The van der Waals surface area contributed by atoms with Crippen molar-refractivity contribution in [2.24, 2.45) is 0 Å². The first-order valence-corrected chi connectivity index (χ1v) is 11.8. The summed E-state index contributed by atoms with van der Waals surface area (Å²) in [5.74, 6) is -1.04. The Morgan fingerprint density at radius 2 is 1.00 bits per heavy atom. The molecule has 0 spiro atoms. The highest BCUT2D eigenvalue weighted by atomic mass is 35.5. The van der Waals surface area contributed by atoms with Gasteiger partial charge in [-0.05, 0) is 36.4 Å². The molecule has 3 heterocycles. The summed E-state index contributed by atoms with van der Waals surface area (Å²) in [7, 11) is 0. The Labute approximate surface area is 206 Å². The van der Waals surface area contributed by atoms with E-state index >= 15 is 0 Å². The van der Waals surface area contributed by atoms with Crippen LogP contribution in [-0.2, 0) is 19.2 Å². The summed E-state index contributed by atoms with van der Waals surface area (Å²) in [6, 6.07) is 12.3. The van der Waals surface area contributed by atoms with Gasteiger partial charge in [0.05, 0.1) is 36.3 Å². The monoisotopic (exact) mass is 500 g/mol. The quantitative estimate of drug-likeness (QED) is 0.600. The zero-order valence-corrected chi connectivity index (χ0v) is 19.7. The van der Waals surface area contributed by atoms with E-state index in [2.05, 4.69) is 0 Å². The van der Waals surface area contributed by atoms with E-state index in [-0.39, 0.29) is 36.5 Å². The van der Waals surface area contributed by atoms with E-state index in [9.17, 15) is 19.2 Å². The summed E-state index contributed by atoms with van der Waals surface area (Å²) in [6.45, 7) is 2.06. The van der Waals surface area contributed by atoms with Gasteiger partial charge in [-0.15, -0.1) is 0 Å². The molecule has 3 aliphatic rings. The van der Waals surface area contributed by atoms with E-state index < -0.39 is 12.1 Å². The van der Waals surface area contributed by atoms with E-state index in [0.29, 0.717) is 47.6 Å². The van der Waals surface area contributed by atoms with Crippen LogP contribution in [0.2, 0.25) is 10.0 Å². The van der Waals surface area contributed by atoms with Crippen LogP contribution in [0.15, 0.2) is 48.5 Å². The smallest absolute Gasteiger partial charge is 0.251 e. The van der Waals surface area contributed by atoms with Crippen molar-refractivity contribution in [1.82, 2.24) is 9.80 Å². The maximum atomic E-state index is 13.1. The molecule has 0 N–H and O–H groups in total. The topological polar surface area (TPSA) is 81.2 Å². The van der Waals surface area contributed by atoms with Crippen LogP contribution in [0, 0.1) is 0 Å². The predicted molar refractivity (Wildman–Crippen MR) is 128 cm³/mol. The number of piperazine rings is 1. The molecule has 8 nitrogen and oxygen atoms in total. The number of benzene rings is 2. The number of halogens is 2. The molecule has 2 unspecified atom stereocenters. The third-order valence-corrected chi connectivity index (χ3v) is 7.08. The van der Waals surface area contributed by atoms with Gasteiger partial charge in [0.15, 0.2) is 0 Å². The zero-order valence-electron chi connectivity index (χ0n) is 18.2. The highest BCUT2D eigenvalue weighted by Gasteiger charge is 2.46. The van der Waals surface area contributed by atoms with Gasteiger partial charge in [0.2, 0.25) is 11.8 Å². The van der Waals surface area contributed by atoms with E-state index in [1.54, 1.807) is 48.5 Å². The van der Waals surface area contributed by atoms with Crippen molar-refractivity contribution in [2.75, 3.05) is 36.0 Å². The van der Waals surface area contributed by atoms with E-state index in [4.69, 9.17) is 23.2 Å². The number of hydrogen-bond donors (Lipinski definition) is 0. The average molecular weight is 501 g/mol. The molecule has 2 aromatic rings. The molecule has 5 rings (SSSR count). The Bertz CT molecular complexity index is 1090. The largest absolute Gasteiger partial charge is 0.289 e. The number of imide groups is 2. The van der Waals surface area contributed by atoms with Crippen LogP contribution >= 0.6 is 23.2 Å². The van der Waals surface area contributed by atoms with Gasteiger partial charge < -0.3 is 0 Å². The summed E-state index contributed by atoms with van der Waals surface area (Å²) in [5.41, 5.74) is 0.944. The summed E-state index contributed by atoms with van der Waals surface area (Å²) in [5, 5.41) is 0.913. The van der Waals surface area contributed by atoms with Gasteiger partial charge in [-0.2, -0.15) is 0 Å². The van der Waals surface area contributed by atoms with Gasteiger partial charge >= 0.3 is 0 Å². The highest BCUT2D eigenvalue weighted by Crippen LogP contribution is 2.30. The van der Waals surface area contributed by atoms with Gasteiger partial charge in [-0.3, -0.25) is 29.0 Å². The molecule has 2 atom stereocenters. The fraction of sp³-hybridized carbons (Fsp3) is 0.333. The van der Waals surface area contributed by atoms with Crippen LogP contribution in [0.3, 0.4) is 0 Å². The molecule has 176 valence electrons. The molecule has 3 aliphatic heterocycles. The van der Waals surface area contributed by atoms with Gasteiger partial charge in [0, 0.05) is 36.2 Å².